The van der Waals surface area contributed by atoms with Crippen LogP contribution < -0.4 is 15.5 Å². The maximum absolute atomic E-state index is 12.4. The number of benzene rings is 1. The zero-order valence-corrected chi connectivity index (χ0v) is 11.6. The van der Waals surface area contributed by atoms with Gasteiger partial charge < -0.3 is 15.5 Å². The highest BCUT2D eigenvalue weighted by atomic mass is 35.5. The minimum absolute atomic E-state index is 0.173. The van der Waals surface area contributed by atoms with Gasteiger partial charge in [0.05, 0.1) is 10.7 Å². The summed E-state index contributed by atoms with van der Waals surface area (Å²) in [5, 5.41) is 5.61. The van der Waals surface area contributed by atoms with E-state index in [1.54, 1.807) is 7.05 Å². The van der Waals surface area contributed by atoms with Crippen molar-refractivity contribution in [2.45, 2.75) is 12.2 Å². The Kier molecular flexibility index (Phi) is 3.84. The summed E-state index contributed by atoms with van der Waals surface area (Å²) in [7, 11) is 2.92. The van der Waals surface area contributed by atoms with Crippen LogP contribution in [0.3, 0.4) is 0 Å². The first-order valence-electron chi connectivity index (χ1n) is 5.82. The zero-order valence-electron chi connectivity index (χ0n) is 10.8. The van der Waals surface area contributed by atoms with E-state index in [2.05, 4.69) is 10.6 Å². The Hall–Kier alpha value is -1.47. The van der Waals surface area contributed by atoms with Crippen LogP contribution in [0.1, 0.15) is 11.6 Å². The minimum atomic E-state index is -4.33. The molecular weight excluding hydrogens is 295 g/mol. The van der Waals surface area contributed by atoms with E-state index in [9.17, 15) is 18.0 Å². The monoisotopic (exact) mass is 307 g/mol. The van der Waals surface area contributed by atoms with Crippen molar-refractivity contribution in [2.75, 3.05) is 30.9 Å². The van der Waals surface area contributed by atoms with Gasteiger partial charge >= 0.3 is 6.18 Å². The number of likely N-dealkylation sites (N-methyl/N-ethyl adjacent to an activating group) is 1. The zero-order chi connectivity index (χ0) is 15.1. The molecule has 1 aromatic carbocycles. The van der Waals surface area contributed by atoms with Gasteiger partial charge in [0.15, 0.2) is 0 Å². The van der Waals surface area contributed by atoms with Gasteiger partial charge in [-0.1, -0.05) is 11.6 Å². The second-order valence-electron chi connectivity index (χ2n) is 4.57. The smallest absolute Gasteiger partial charge is 0.364 e. The first-order chi connectivity index (χ1) is 9.23. The van der Waals surface area contributed by atoms with Crippen molar-refractivity contribution in [1.82, 2.24) is 5.32 Å². The van der Waals surface area contributed by atoms with Crippen LogP contribution in [-0.4, -0.2) is 32.7 Å². The molecule has 0 saturated heterocycles. The molecule has 110 valence electrons. The van der Waals surface area contributed by atoms with Crippen molar-refractivity contribution in [3.05, 3.63) is 22.7 Å². The third-order valence-electron chi connectivity index (χ3n) is 3.07. The predicted octanol–water partition coefficient (Wildman–Crippen LogP) is 2.55. The summed E-state index contributed by atoms with van der Waals surface area (Å²) in [6.07, 6.45) is -4.33. The lowest BCUT2D eigenvalue weighted by Gasteiger charge is -2.23. The molecule has 1 unspecified atom stereocenters. The van der Waals surface area contributed by atoms with Crippen molar-refractivity contribution in [1.29, 1.82) is 0 Å². The number of fused-ring (bicyclic) bond motifs is 1. The number of hydrogen-bond donors (Lipinski definition) is 2. The van der Waals surface area contributed by atoms with Crippen LogP contribution in [0, 0.1) is 0 Å². The van der Waals surface area contributed by atoms with Gasteiger partial charge in [0, 0.05) is 18.3 Å². The summed E-state index contributed by atoms with van der Waals surface area (Å²) < 4.78 is 37.2. The third-order valence-corrected chi connectivity index (χ3v) is 3.37. The van der Waals surface area contributed by atoms with Crippen LogP contribution in [0.2, 0.25) is 5.02 Å². The van der Waals surface area contributed by atoms with Gasteiger partial charge in [0.1, 0.15) is 12.6 Å². The number of carbonyl (C=O) groups excluding carboxylic acids is 1. The van der Waals surface area contributed by atoms with Crippen LogP contribution >= 0.6 is 11.6 Å². The fraction of sp³-hybridized carbons (Fsp3) is 0.417. The van der Waals surface area contributed by atoms with E-state index in [0.717, 1.165) is 4.90 Å². The molecule has 2 rings (SSSR count). The molecule has 0 aliphatic carbocycles. The van der Waals surface area contributed by atoms with Crippen molar-refractivity contribution in [2.24, 2.45) is 0 Å². The summed E-state index contributed by atoms with van der Waals surface area (Å²) in [5.74, 6) is -0.255. The molecule has 2 N–H and O–H groups in total. The molecule has 0 spiro atoms. The third kappa shape index (κ3) is 2.83. The average molecular weight is 308 g/mol. The number of nitrogens with zero attached hydrogens (tertiary/aromatic N) is 1. The minimum Gasteiger partial charge on any atom is -0.364 e. The molecule has 1 aliphatic rings. The lowest BCUT2D eigenvalue weighted by atomic mass is 10.1. The fourth-order valence-electron chi connectivity index (χ4n) is 2.20. The highest BCUT2D eigenvalue weighted by molar-refractivity contribution is 6.33. The number of alkyl halides is 3. The Morgan fingerprint density at radius 1 is 1.45 bits per heavy atom. The lowest BCUT2D eigenvalue weighted by molar-refractivity contribution is -0.119. The Balaban J connectivity index is 2.35. The van der Waals surface area contributed by atoms with Crippen LogP contribution in [0.5, 0.6) is 0 Å². The summed E-state index contributed by atoms with van der Waals surface area (Å²) in [4.78, 5) is 12.7. The molecule has 0 aromatic heterocycles. The van der Waals surface area contributed by atoms with Crippen molar-refractivity contribution >= 4 is 28.9 Å². The molecule has 1 heterocycles. The molecule has 1 aromatic rings. The molecule has 20 heavy (non-hydrogen) atoms. The quantitative estimate of drug-likeness (QED) is 0.902. The Morgan fingerprint density at radius 2 is 2.10 bits per heavy atom. The number of nitrogens with one attached hydrogen (secondary N) is 2. The Morgan fingerprint density at radius 3 is 2.65 bits per heavy atom. The van der Waals surface area contributed by atoms with Gasteiger partial charge in [-0.25, -0.2) is 0 Å². The van der Waals surface area contributed by atoms with Crippen LogP contribution in [0.25, 0.3) is 0 Å². The first-order valence-corrected chi connectivity index (χ1v) is 6.20. The second kappa shape index (κ2) is 5.14. The largest absolute Gasteiger partial charge is 0.405 e. The maximum atomic E-state index is 12.4. The van der Waals surface area contributed by atoms with Crippen molar-refractivity contribution in [3.63, 3.8) is 0 Å². The van der Waals surface area contributed by atoms with E-state index in [-0.39, 0.29) is 16.6 Å². The second-order valence-corrected chi connectivity index (χ2v) is 4.98. The highest BCUT2D eigenvalue weighted by Gasteiger charge is 2.33. The molecule has 0 saturated carbocycles. The molecule has 1 atom stereocenters. The van der Waals surface area contributed by atoms with Crippen LogP contribution in [0.4, 0.5) is 24.5 Å². The van der Waals surface area contributed by atoms with Gasteiger partial charge in [-0.3, -0.25) is 4.79 Å². The molecule has 4 nitrogen and oxygen atoms in total. The SMILES string of the molecule is CNC1C(=O)Nc2cc(N(C)CC(F)(F)F)c(Cl)cc21. The van der Waals surface area contributed by atoms with E-state index in [0.29, 0.717) is 11.3 Å². The average Bonchev–Trinajstić information content (AvgIpc) is 2.60. The predicted molar refractivity (Wildman–Crippen MR) is 71.2 cm³/mol. The number of rotatable bonds is 3. The van der Waals surface area contributed by atoms with Crippen LogP contribution in [0.15, 0.2) is 12.1 Å². The van der Waals surface area contributed by atoms with E-state index >= 15 is 0 Å². The topological polar surface area (TPSA) is 44.4 Å². The Labute approximate surface area is 118 Å². The van der Waals surface area contributed by atoms with Crippen molar-refractivity contribution in [3.8, 4) is 0 Å². The molecule has 1 aliphatic heterocycles. The fourth-order valence-corrected chi connectivity index (χ4v) is 2.52. The normalized spacial score (nSPS) is 17.9. The summed E-state index contributed by atoms with van der Waals surface area (Å²) in [6.45, 7) is -1.12. The van der Waals surface area contributed by atoms with E-state index in [4.69, 9.17) is 11.6 Å². The number of amides is 1. The molecule has 8 heteroatoms. The van der Waals surface area contributed by atoms with Gasteiger partial charge in [-0.15, -0.1) is 0 Å². The van der Waals surface area contributed by atoms with E-state index in [1.807, 2.05) is 0 Å². The standard InChI is InChI=1S/C12H13ClF3N3O/c1-17-10-6-3-7(13)9(4-8(6)18-11(10)20)19(2)5-12(14,15)16/h3-4,10,17H,5H2,1-2H3,(H,18,20). The lowest BCUT2D eigenvalue weighted by Crippen LogP contribution is -2.31. The van der Waals surface area contributed by atoms with E-state index in [1.165, 1.54) is 19.2 Å². The highest BCUT2D eigenvalue weighted by Crippen LogP contribution is 2.39. The van der Waals surface area contributed by atoms with Crippen molar-refractivity contribution < 1.29 is 18.0 Å². The Bertz CT molecular complexity index is 547. The van der Waals surface area contributed by atoms with Gasteiger partial charge in [-0.2, -0.15) is 13.2 Å². The number of hydrogen-bond acceptors (Lipinski definition) is 3. The van der Waals surface area contributed by atoms with Gasteiger partial charge in [-0.05, 0) is 19.2 Å². The van der Waals surface area contributed by atoms with Crippen LogP contribution in [-0.2, 0) is 4.79 Å². The van der Waals surface area contributed by atoms with Gasteiger partial charge in [0.2, 0.25) is 5.91 Å². The molecule has 0 fully saturated rings. The summed E-state index contributed by atoms with van der Waals surface area (Å²) >= 11 is 6.03. The maximum Gasteiger partial charge on any atom is 0.405 e. The molecule has 0 bridgehead atoms. The number of carbonyl (C=O) groups is 1. The summed E-state index contributed by atoms with van der Waals surface area (Å²) in [5.41, 5.74) is 1.33. The molecule has 0 radical (unpaired) electrons. The molecule has 1 amide bonds. The molecular formula is C12H13ClF3N3O. The number of halogens is 4. The number of anilines is 2. The first kappa shape index (κ1) is 14.9. The van der Waals surface area contributed by atoms with E-state index < -0.39 is 18.8 Å². The van der Waals surface area contributed by atoms with Gasteiger partial charge in [0.25, 0.3) is 0 Å². The summed E-state index contributed by atoms with van der Waals surface area (Å²) in [6, 6.07) is 2.43.